The molecule has 1 heterocycles. The summed E-state index contributed by atoms with van der Waals surface area (Å²) < 4.78 is 27.3. The summed E-state index contributed by atoms with van der Waals surface area (Å²) >= 11 is 0. The van der Waals surface area contributed by atoms with Crippen molar-refractivity contribution in [3.63, 3.8) is 0 Å². The molecule has 146 valence electrons. The van der Waals surface area contributed by atoms with Gasteiger partial charge in [0.15, 0.2) is 0 Å². The molecule has 1 rings (SSSR count). The Kier molecular flexibility index (Phi) is 14.0. The summed E-state index contributed by atoms with van der Waals surface area (Å²) in [6.45, 7) is 10.5. The predicted octanol–water partition coefficient (Wildman–Crippen LogP) is 5.04. The molecule has 0 aromatic heterocycles. The van der Waals surface area contributed by atoms with E-state index >= 15 is 0 Å². The maximum absolute atomic E-state index is 9.19. The number of likely N-dealkylation sites (tertiary alicyclic amines) is 1. The van der Waals surface area contributed by atoms with Gasteiger partial charge in [-0.1, -0.05) is 52.4 Å². The molecule has 1 aliphatic rings. The summed E-state index contributed by atoms with van der Waals surface area (Å²) in [6, 6.07) is 0. The van der Waals surface area contributed by atoms with Gasteiger partial charge in [-0.15, -0.1) is 0 Å². The molecule has 0 saturated carbocycles. The number of unbranched alkanes of at least 4 members (excludes halogenated alkanes) is 7. The van der Waals surface area contributed by atoms with E-state index in [9.17, 15) is 8.42 Å². The number of rotatable bonds is 11. The van der Waals surface area contributed by atoms with Gasteiger partial charge in [-0.2, -0.15) is 8.42 Å². The summed E-state index contributed by atoms with van der Waals surface area (Å²) in [5.74, 6) is 0. The van der Waals surface area contributed by atoms with Gasteiger partial charge in [0.25, 0.3) is 10.1 Å². The lowest BCUT2D eigenvalue weighted by atomic mass is 10.0. The Bertz CT molecular complexity index is 363. The molecule has 0 spiro atoms. The van der Waals surface area contributed by atoms with Crippen molar-refractivity contribution in [3.05, 3.63) is 0 Å². The monoisotopic (exact) mass is 364 g/mol. The average molecular weight is 365 g/mol. The third-order valence-corrected chi connectivity index (χ3v) is 4.95. The van der Waals surface area contributed by atoms with Gasteiger partial charge >= 0.3 is 0 Å². The predicted molar refractivity (Wildman–Crippen MR) is 104 cm³/mol. The van der Waals surface area contributed by atoms with Crippen LogP contribution >= 0.6 is 0 Å². The maximum atomic E-state index is 9.19. The average Bonchev–Trinajstić information content (AvgIpc) is 2.50. The molecule has 0 amide bonds. The van der Waals surface area contributed by atoms with Crippen molar-refractivity contribution in [2.75, 3.05) is 32.4 Å². The largest absolute Gasteiger partial charge is 0.324 e. The normalized spacial score (nSPS) is 17.2. The van der Waals surface area contributed by atoms with Crippen LogP contribution in [0.5, 0.6) is 0 Å². The summed E-state index contributed by atoms with van der Waals surface area (Å²) in [5, 5.41) is 0. The van der Waals surface area contributed by atoms with E-state index in [0.717, 1.165) is 0 Å². The van der Waals surface area contributed by atoms with E-state index in [2.05, 4.69) is 13.8 Å². The number of nitrogens with zero attached hydrogens (tertiary/aromatic N) is 1. The first-order chi connectivity index (χ1) is 11.3. The van der Waals surface area contributed by atoms with Crippen LogP contribution in [0.2, 0.25) is 0 Å². The van der Waals surface area contributed by atoms with Crippen LogP contribution in [0.3, 0.4) is 0 Å². The Labute approximate surface area is 151 Å². The zero-order valence-corrected chi connectivity index (χ0v) is 17.2. The van der Waals surface area contributed by atoms with Crippen molar-refractivity contribution in [2.45, 2.75) is 90.9 Å². The second-order valence-corrected chi connectivity index (χ2v) is 8.97. The number of quaternary nitrogens is 1. The van der Waals surface area contributed by atoms with Crippen LogP contribution in [0, 0.1) is 0 Å². The minimum Gasteiger partial charge on any atom is -0.324 e. The van der Waals surface area contributed by atoms with Crippen LogP contribution in [0.25, 0.3) is 0 Å². The number of hydrogen-bond donors (Lipinski definition) is 1. The van der Waals surface area contributed by atoms with Crippen molar-refractivity contribution in [1.82, 2.24) is 0 Å². The molecule has 0 aromatic carbocycles. The van der Waals surface area contributed by atoms with E-state index in [4.69, 9.17) is 4.55 Å². The zero-order chi connectivity index (χ0) is 18.3. The molecular formula is C19H42NO3S+. The van der Waals surface area contributed by atoms with Crippen molar-refractivity contribution in [1.29, 1.82) is 0 Å². The van der Waals surface area contributed by atoms with E-state index in [-0.39, 0.29) is 0 Å². The molecule has 4 nitrogen and oxygen atoms in total. The van der Waals surface area contributed by atoms with E-state index in [1.807, 2.05) is 0 Å². The van der Waals surface area contributed by atoms with Gasteiger partial charge < -0.3 is 4.48 Å². The minimum atomic E-state index is -3.67. The molecule has 1 fully saturated rings. The van der Waals surface area contributed by atoms with E-state index < -0.39 is 10.1 Å². The SMILES string of the molecule is CCCCCCCCCC[N+]1(CCC)CCCCC1.CS(=O)(=O)O. The van der Waals surface area contributed by atoms with Crippen LogP contribution in [0.1, 0.15) is 90.9 Å². The van der Waals surface area contributed by atoms with Crippen molar-refractivity contribution in [3.8, 4) is 0 Å². The Hall–Kier alpha value is -0.130. The zero-order valence-electron chi connectivity index (χ0n) is 16.4. The van der Waals surface area contributed by atoms with E-state index in [0.29, 0.717) is 6.26 Å². The van der Waals surface area contributed by atoms with Gasteiger partial charge in [0, 0.05) is 0 Å². The topological polar surface area (TPSA) is 54.4 Å². The van der Waals surface area contributed by atoms with Gasteiger partial charge in [0.2, 0.25) is 0 Å². The van der Waals surface area contributed by atoms with Crippen molar-refractivity contribution >= 4 is 10.1 Å². The van der Waals surface area contributed by atoms with E-state index in [1.165, 1.54) is 108 Å². The lowest BCUT2D eigenvalue weighted by Gasteiger charge is -2.41. The van der Waals surface area contributed by atoms with Crippen LogP contribution in [0.15, 0.2) is 0 Å². The molecule has 0 radical (unpaired) electrons. The first-order valence-corrected chi connectivity index (χ1v) is 12.0. The summed E-state index contributed by atoms with van der Waals surface area (Å²) in [4.78, 5) is 0. The first-order valence-electron chi connectivity index (χ1n) is 10.1. The highest BCUT2D eigenvalue weighted by Gasteiger charge is 2.27. The fraction of sp³-hybridized carbons (Fsp3) is 1.00. The number of piperidine rings is 1. The van der Waals surface area contributed by atoms with Crippen molar-refractivity contribution < 1.29 is 17.5 Å². The standard InChI is InChI=1S/C18H38N.CH4O3S/c1-3-5-6-7-8-9-10-12-16-19(15-4-2)17-13-11-14-18-19;1-5(2,3)4/h3-18H2,1-2H3;1H3,(H,2,3,4)/q+1;. The molecule has 0 aliphatic carbocycles. The lowest BCUT2D eigenvalue weighted by Crippen LogP contribution is -2.52. The summed E-state index contributed by atoms with van der Waals surface area (Å²) in [6.07, 6.45) is 18.2. The quantitative estimate of drug-likeness (QED) is 0.317. The second-order valence-electron chi connectivity index (χ2n) is 7.50. The molecule has 24 heavy (non-hydrogen) atoms. The van der Waals surface area contributed by atoms with Gasteiger partial charge in [-0.05, 0) is 38.5 Å². The molecule has 0 atom stereocenters. The number of hydrogen-bond acceptors (Lipinski definition) is 2. The molecular weight excluding hydrogens is 322 g/mol. The van der Waals surface area contributed by atoms with E-state index in [1.54, 1.807) is 0 Å². The van der Waals surface area contributed by atoms with Crippen LogP contribution in [-0.4, -0.2) is 49.9 Å². The molecule has 0 unspecified atom stereocenters. The van der Waals surface area contributed by atoms with Crippen molar-refractivity contribution in [2.24, 2.45) is 0 Å². The third kappa shape index (κ3) is 15.4. The third-order valence-electron chi connectivity index (χ3n) is 4.95. The fourth-order valence-corrected chi connectivity index (χ4v) is 3.80. The highest BCUT2D eigenvalue weighted by atomic mass is 32.2. The first kappa shape index (κ1) is 23.9. The molecule has 1 N–H and O–H groups in total. The highest BCUT2D eigenvalue weighted by Crippen LogP contribution is 2.21. The van der Waals surface area contributed by atoms with Gasteiger partial charge in [0.05, 0.1) is 32.4 Å². The minimum absolute atomic E-state index is 0.715. The maximum Gasteiger partial charge on any atom is 0.261 e. The molecule has 0 bridgehead atoms. The molecule has 5 heteroatoms. The molecule has 1 aliphatic heterocycles. The lowest BCUT2D eigenvalue weighted by molar-refractivity contribution is -0.932. The molecule has 1 saturated heterocycles. The Morgan fingerprint density at radius 2 is 1.21 bits per heavy atom. The second kappa shape index (κ2) is 14.1. The van der Waals surface area contributed by atoms with Gasteiger partial charge in [0.1, 0.15) is 0 Å². The highest BCUT2D eigenvalue weighted by molar-refractivity contribution is 7.85. The van der Waals surface area contributed by atoms with Gasteiger partial charge in [-0.25, -0.2) is 0 Å². The van der Waals surface area contributed by atoms with Gasteiger partial charge in [-0.3, -0.25) is 4.55 Å². The fourth-order valence-electron chi connectivity index (χ4n) is 3.80. The van der Waals surface area contributed by atoms with Crippen LogP contribution in [-0.2, 0) is 10.1 Å². The molecule has 0 aromatic rings. The Balaban J connectivity index is 0.000000922. The van der Waals surface area contributed by atoms with Crippen LogP contribution in [0.4, 0.5) is 0 Å². The summed E-state index contributed by atoms with van der Waals surface area (Å²) in [5.41, 5.74) is 0. The smallest absolute Gasteiger partial charge is 0.261 e. The Morgan fingerprint density at radius 3 is 1.67 bits per heavy atom. The van der Waals surface area contributed by atoms with Crippen LogP contribution < -0.4 is 0 Å². The Morgan fingerprint density at radius 1 is 0.750 bits per heavy atom. The summed E-state index contributed by atoms with van der Waals surface area (Å²) in [7, 11) is -3.67.